The Balaban J connectivity index is 1.95. The van der Waals surface area contributed by atoms with E-state index in [1.807, 2.05) is 13.8 Å². The molecule has 2 N–H and O–H groups in total. The highest BCUT2D eigenvalue weighted by atomic mass is 32.1. The molecule has 1 heterocycles. The van der Waals surface area contributed by atoms with Crippen molar-refractivity contribution >= 4 is 28.3 Å². The smallest absolute Gasteiger partial charge is 0.249 e. The second-order valence-corrected chi connectivity index (χ2v) is 8.48. The van der Waals surface area contributed by atoms with E-state index < -0.39 is 6.04 Å². The number of unbranched alkanes of at least 4 members (excludes halogenated alkanes) is 4. The van der Waals surface area contributed by atoms with Crippen LogP contribution in [0.25, 0.3) is 10.6 Å². The van der Waals surface area contributed by atoms with Gasteiger partial charge in [-0.15, -0.1) is 10.2 Å². The van der Waals surface area contributed by atoms with Gasteiger partial charge in [-0.05, 0) is 36.6 Å². The van der Waals surface area contributed by atoms with Crippen molar-refractivity contribution in [1.29, 1.82) is 0 Å². The standard InChI is InChI=1S/C22H31FN4O2S/c1-4-6-7-8-9-10-18(28)24-19(15(3)5-2)20(29)25-22-27-26-21(30-22)16-11-13-17(23)14-12-16/h11-15,19H,4-10H2,1-3H3,(H,24,28)(H,25,27,29). The van der Waals surface area contributed by atoms with Crippen LogP contribution >= 0.6 is 11.3 Å². The van der Waals surface area contributed by atoms with Gasteiger partial charge in [-0.2, -0.15) is 0 Å². The normalized spacial score (nSPS) is 12.9. The Labute approximate surface area is 181 Å². The SMILES string of the molecule is CCCCCCCC(=O)NC(C(=O)Nc1nnc(-c2ccc(F)cc2)s1)C(C)CC. The van der Waals surface area contributed by atoms with Crippen molar-refractivity contribution in [3.05, 3.63) is 30.1 Å². The molecular weight excluding hydrogens is 403 g/mol. The van der Waals surface area contributed by atoms with Crippen LogP contribution in [0.15, 0.2) is 24.3 Å². The van der Waals surface area contributed by atoms with Gasteiger partial charge in [0.15, 0.2) is 0 Å². The lowest BCUT2D eigenvalue weighted by molar-refractivity contribution is -0.127. The predicted octanol–water partition coefficient (Wildman–Crippen LogP) is 5.17. The average Bonchev–Trinajstić information content (AvgIpc) is 3.20. The highest BCUT2D eigenvalue weighted by Crippen LogP contribution is 2.26. The third-order valence-corrected chi connectivity index (χ3v) is 5.95. The van der Waals surface area contributed by atoms with Gasteiger partial charge >= 0.3 is 0 Å². The third-order valence-electron chi connectivity index (χ3n) is 5.07. The zero-order chi connectivity index (χ0) is 21.9. The Morgan fingerprint density at radius 2 is 1.77 bits per heavy atom. The number of hydrogen-bond acceptors (Lipinski definition) is 5. The van der Waals surface area contributed by atoms with E-state index in [0.717, 1.165) is 37.7 Å². The van der Waals surface area contributed by atoms with Crippen molar-refractivity contribution < 1.29 is 14.0 Å². The van der Waals surface area contributed by atoms with Gasteiger partial charge in [0.05, 0.1) is 0 Å². The third kappa shape index (κ3) is 7.48. The molecule has 30 heavy (non-hydrogen) atoms. The molecule has 2 atom stereocenters. The van der Waals surface area contributed by atoms with Gasteiger partial charge in [0.25, 0.3) is 0 Å². The van der Waals surface area contributed by atoms with Gasteiger partial charge in [0.2, 0.25) is 16.9 Å². The number of benzene rings is 1. The van der Waals surface area contributed by atoms with Crippen molar-refractivity contribution in [2.75, 3.05) is 5.32 Å². The van der Waals surface area contributed by atoms with Gasteiger partial charge in [-0.3, -0.25) is 14.9 Å². The van der Waals surface area contributed by atoms with Crippen molar-refractivity contribution in [3.8, 4) is 10.6 Å². The lowest BCUT2D eigenvalue weighted by atomic mass is 9.98. The minimum absolute atomic E-state index is 0.0152. The van der Waals surface area contributed by atoms with Crippen LogP contribution in [0.2, 0.25) is 0 Å². The van der Waals surface area contributed by atoms with Crippen LogP contribution in [0, 0.1) is 11.7 Å². The number of rotatable bonds is 12. The Morgan fingerprint density at radius 1 is 1.07 bits per heavy atom. The van der Waals surface area contributed by atoms with E-state index in [0.29, 0.717) is 16.6 Å². The first-order valence-corrected chi connectivity index (χ1v) is 11.5. The number of carbonyl (C=O) groups is 2. The molecule has 6 nitrogen and oxygen atoms in total. The molecule has 2 aromatic rings. The molecule has 0 bridgehead atoms. The largest absolute Gasteiger partial charge is 0.344 e. The Hall–Kier alpha value is -2.35. The Bertz CT molecular complexity index is 810. The minimum Gasteiger partial charge on any atom is -0.344 e. The quantitative estimate of drug-likeness (QED) is 0.451. The molecule has 0 aliphatic heterocycles. The lowest BCUT2D eigenvalue weighted by Gasteiger charge is -2.23. The summed E-state index contributed by atoms with van der Waals surface area (Å²) in [6, 6.07) is 5.31. The number of amides is 2. The molecule has 164 valence electrons. The van der Waals surface area contributed by atoms with Gasteiger partial charge in [-0.1, -0.05) is 64.2 Å². The van der Waals surface area contributed by atoms with Crippen molar-refractivity contribution in [2.24, 2.45) is 5.92 Å². The molecule has 2 amide bonds. The number of aromatic nitrogens is 2. The van der Waals surface area contributed by atoms with Crippen LogP contribution in [0.1, 0.15) is 65.7 Å². The summed E-state index contributed by atoms with van der Waals surface area (Å²) in [6.45, 7) is 6.08. The molecule has 2 unspecified atom stereocenters. The maximum atomic E-state index is 13.1. The summed E-state index contributed by atoms with van der Waals surface area (Å²) in [6.07, 6.45) is 6.52. The first kappa shape index (κ1) is 23.9. The number of anilines is 1. The maximum Gasteiger partial charge on any atom is 0.249 e. The number of halogens is 1. The monoisotopic (exact) mass is 434 g/mol. The zero-order valence-electron chi connectivity index (χ0n) is 17.9. The summed E-state index contributed by atoms with van der Waals surface area (Å²) in [7, 11) is 0. The van der Waals surface area contributed by atoms with Crippen LogP contribution in [-0.4, -0.2) is 28.1 Å². The summed E-state index contributed by atoms with van der Waals surface area (Å²) < 4.78 is 13.1. The Kier molecular flexibility index (Phi) is 9.86. The highest BCUT2D eigenvalue weighted by Gasteiger charge is 2.26. The average molecular weight is 435 g/mol. The molecule has 1 aromatic carbocycles. The predicted molar refractivity (Wildman–Crippen MR) is 119 cm³/mol. The molecule has 0 aliphatic rings. The van der Waals surface area contributed by atoms with Crippen molar-refractivity contribution in [1.82, 2.24) is 15.5 Å². The molecule has 0 radical (unpaired) electrons. The number of nitrogens with zero attached hydrogens (tertiary/aromatic N) is 2. The first-order valence-electron chi connectivity index (χ1n) is 10.6. The van der Waals surface area contributed by atoms with E-state index in [-0.39, 0.29) is 23.5 Å². The molecule has 8 heteroatoms. The number of carbonyl (C=O) groups excluding carboxylic acids is 2. The van der Waals surface area contributed by atoms with Crippen molar-refractivity contribution in [2.45, 2.75) is 71.8 Å². The van der Waals surface area contributed by atoms with Crippen LogP contribution in [0.3, 0.4) is 0 Å². The van der Waals surface area contributed by atoms with E-state index in [4.69, 9.17) is 0 Å². The highest BCUT2D eigenvalue weighted by molar-refractivity contribution is 7.18. The van der Waals surface area contributed by atoms with Crippen LogP contribution in [0.4, 0.5) is 9.52 Å². The topological polar surface area (TPSA) is 84.0 Å². The Morgan fingerprint density at radius 3 is 2.43 bits per heavy atom. The summed E-state index contributed by atoms with van der Waals surface area (Å²) in [4.78, 5) is 25.2. The molecule has 0 saturated carbocycles. The van der Waals surface area contributed by atoms with Crippen molar-refractivity contribution in [3.63, 3.8) is 0 Å². The second kappa shape index (κ2) is 12.4. The van der Waals surface area contributed by atoms with Gasteiger partial charge < -0.3 is 5.32 Å². The zero-order valence-corrected chi connectivity index (χ0v) is 18.7. The van der Waals surface area contributed by atoms with Gasteiger partial charge in [-0.25, -0.2) is 4.39 Å². The second-order valence-electron chi connectivity index (χ2n) is 7.50. The number of nitrogens with one attached hydrogen (secondary N) is 2. The number of hydrogen-bond donors (Lipinski definition) is 2. The van der Waals surface area contributed by atoms with Gasteiger partial charge in [0.1, 0.15) is 16.9 Å². The molecule has 0 spiro atoms. The fourth-order valence-electron chi connectivity index (χ4n) is 3.00. The lowest BCUT2D eigenvalue weighted by Crippen LogP contribution is -2.47. The van der Waals surface area contributed by atoms with Crippen LogP contribution < -0.4 is 10.6 Å². The molecule has 1 aromatic heterocycles. The summed E-state index contributed by atoms with van der Waals surface area (Å²) in [5.41, 5.74) is 0.726. The fraction of sp³-hybridized carbons (Fsp3) is 0.545. The van der Waals surface area contributed by atoms with E-state index in [1.54, 1.807) is 12.1 Å². The summed E-state index contributed by atoms with van der Waals surface area (Å²) >= 11 is 1.21. The van der Waals surface area contributed by atoms with E-state index in [2.05, 4.69) is 27.8 Å². The summed E-state index contributed by atoms with van der Waals surface area (Å²) in [5.74, 6) is -0.741. The molecule has 0 fully saturated rings. The van der Waals surface area contributed by atoms with Gasteiger partial charge in [0, 0.05) is 12.0 Å². The summed E-state index contributed by atoms with van der Waals surface area (Å²) in [5, 5.41) is 14.7. The van der Waals surface area contributed by atoms with Crippen LogP contribution in [-0.2, 0) is 9.59 Å². The molecule has 0 saturated heterocycles. The van der Waals surface area contributed by atoms with E-state index in [1.165, 1.54) is 29.9 Å². The van der Waals surface area contributed by atoms with E-state index >= 15 is 0 Å². The minimum atomic E-state index is -0.628. The maximum absolute atomic E-state index is 13.1. The van der Waals surface area contributed by atoms with Crippen LogP contribution in [0.5, 0.6) is 0 Å². The first-order chi connectivity index (χ1) is 14.4. The fourth-order valence-corrected chi connectivity index (χ4v) is 3.75. The molecule has 2 rings (SSSR count). The molecule has 0 aliphatic carbocycles. The van der Waals surface area contributed by atoms with E-state index in [9.17, 15) is 14.0 Å². The molecular formula is C22H31FN4O2S.